The molecule has 3 atom stereocenters. The maximum absolute atomic E-state index is 12.8. The first-order valence-corrected chi connectivity index (χ1v) is 9.06. The lowest BCUT2D eigenvalue weighted by molar-refractivity contribution is -0.156. The third-order valence-corrected chi connectivity index (χ3v) is 4.91. The molecule has 7 heteroatoms. The van der Waals surface area contributed by atoms with Crippen molar-refractivity contribution >= 4 is 18.0 Å². The number of carbonyl (C=O) groups is 3. The number of piperidine rings is 1. The van der Waals surface area contributed by atoms with Gasteiger partial charge in [0.2, 0.25) is 5.91 Å². The van der Waals surface area contributed by atoms with Crippen molar-refractivity contribution in [1.29, 1.82) is 0 Å². The molecule has 2 amide bonds. The van der Waals surface area contributed by atoms with Crippen molar-refractivity contribution in [1.82, 2.24) is 10.2 Å². The number of fused-ring (bicyclic) bond motifs is 1. The number of hydrogen-bond acceptors (Lipinski definition) is 5. The molecule has 2 aliphatic heterocycles. The second-order valence-electron chi connectivity index (χ2n) is 6.58. The predicted molar refractivity (Wildman–Crippen MR) is 93.1 cm³/mol. The van der Waals surface area contributed by atoms with Gasteiger partial charge in [-0.1, -0.05) is 30.3 Å². The lowest BCUT2D eigenvalue weighted by Crippen LogP contribution is -2.57. The molecule has 140 valence electrons. The third-order valence-electron chi connectivity index (χ3n) is 4.91. The van der Waals surface area contributed by atoms with Crippen LogP contribution in [0.4, 0.5) is 4.79 Å². The van der Waals surface area contributed by atoms with Crippen LogP contribution in [0.1, 0.15) is 38.2 Å². The normalized spacial score (nSPS) is 24.7. The van der Waals surface area contributed by atoms with Gasteiger partial charge in [-0.3, -0.25) is 4.79 Å². The molecule has 1 aromatic rings. The van der Waals surface area contributed by atoms with Crippen LogP contribution >= 0.6 is 0 Å². The van der Waals surface area contributed by atoms with Gasteiger partial charge in [0.25, 0.3) is 0 Å². The van der Waals surface area contributed by atoms with E-state index < -0.39 is 18.2 Å². The van der Waals surface area contributed by atoms with E-state index in [1.54, 1.807) is 11.8 Å². The number of alkyl carbamates (subject to hydrolysis) is 1. The molecule has 26 heavy (non-hydrogen) atoms. The zero-order valence-electron chi connectivity index (χ0n) is 14.8. The number of ether oxygens (including phenoxy) is 2. The van der Waals surface area contributed by atoms with E-state index in [0.29, 0.717) is 12.8 Å². The molecule has 0 aliphatic carbocycles. The van der Waals surface area contributed by atoms with E-state index >= 15 is 0 Å². The van der Waals surface area contributed by atoms with E-state index in [2.05, 4.69) is 5.32 Å². The SMILES string of the molecule is CCOC(=O)[C@@H]1CC[C@@H]2CC[C@@H](NC(=O)OCc3ccccc3)C(=O)N21. The number of esters is 1. The van der Waals surface area contributed by atoms with E-state index in [1.807, 2.05) is 30.3 Å². The van der Waals surface area contributed by atoms with Gasteiger partial charge in [0.05, 0.1) is 6.61 Å². The van der Waals surface area contributed by atoms with Crippen molar-refractivity contribution in [2.24, 2.45) is 0 Å². The summed E-state index contributed by atoms with van der Waals surface area (Å²) in [6.45, 7) is 2.18. The van der Waals surface area contributed by atoms with E-state index in [4.69, 9.17) is 9.47 Å². The molecule has 1 N–H and O–H groups in total. The minimum Gasteiger partial charge on any atom is -0.464 e. The van der Waals surface area contributed by atoms with Crippen molar-refractivity contribution in [2.45, 2.75) is 57.3 Å². The van der Waals surface area contributed by atoms with Crippen LogP contribution in [0.3, 0.4) is 0 Å². The lowest BCUT2D eigenvalue weighted by atomic mass is 9.98. The maximum Gasteiger partial charge on any atom is 0.408 e. The number of nitrogens with one attached hydrogen (secondary N) is 1. The van der Waals surface area contributed by atoms with Crippen molar-refractivity contribution in [3.8, 4) is 0 Å². The Bertz CT molecular complexity index is 663. The molecule has 7 nitrogen and oxygen atoms in total. The smallest absolute Gasteiger partial charge is 0.408 e. The Morgan fingerprint density at radius 1 is 1.12 bits per heavy atom. The van der Waals surface area contributed by atoms with E-state index in [9.17, 15) is 14.4 Å². The van der Waals surface area contributed by atoms with E-state index in [0.717, 1.165) is 18.4 Å². The van der Waals surface area contributed by atoms with Crippen LogP contribution in [0.25, 0.3) is 0 Å². The molecule has 2 aliphatic rings. The Hall–Kier alpha value is -2.57. The second-order valence-corrected chi connectivity index (χ2v) is 6.58. The van der Waals surface area contributed by atoms with Crippen LogP contribution in [0.2, 0.25) is 0 Å². The summed E-state index contributed by atoms with van der Waals surface area (Å²) in [5.41, 5.74) is 0.875. The molecule has 0 spiro atoms. The summed E-state index contributed by atoms with van der Waals surface area (Å²) in [5, 5.41) is 2.64. The molecular weight excluding hydrogens is 336 g/mol. The predicted octanol–water partition coefficient (Wildman–Crippen LogP) is 2.00. The Morgan fingerprint density at radius 2 is 1.85 bits per heavy atom. The summed E-state index contributed by atoms with van der Waals surface area (Å²) in [6.07, 6.45) is 2.08. The highest BCUT2D eigenvalue weighted by Crippen LogP contribution is 2.33. The van der Waals surface area contributed by atoms with Crippen LogP contribution in [0, 0.1) is 0 Å². The van der Waals surface area contributed by atoms with Crippen molar-refractivity contribution < 1.29 is 23.9 Å². The first-order chi connectivity index (χ1) is 12.6. The van der Waals surface area contributed by atoms with E-state index in [1.165, 1.54) is 0 Å². The molecule has 3 rings (SSSR count). The van der Waals surface area contributed by atoms with Gasteiger partial charge in [0, 0.05) is 6.04 Å². The number of rotatable bonds is 5. The van der Waals surface area contributed by atoms with Gasteiger partial charge in [-0.2, -0.15) is 0 Å². The van der Waals surface area contributed by atoms with Crippen molar-refractivity contribution in [2.75, 3.05) is 6.61 Å². The van der Waals surface area contributed by atoms with Crippen LogP contribution in [0.5, 0.6) is 0 Å². The Balaban J connectivity index is 1.56. The maximum atomic E-state index is 12.8. The Kier molecular flexibility index (Phi) is 5.75. The van der Waals surface area contributed by atoms with Gasteiger partial charge in [-0.25, -0.2) is 9.59 Å². The fourth-order valence-electron chi connectivity index (χ4n) is 3.67. The molecule has 1 aromatic carbocycles. The molecule has 2 saturated heterocycles. The van der Waals surface area contributed by atoms with Crippen LogP contribution < -0.4 is 5.32 Å². The lowest BCUT2D eigenvalue weighted by Gasteiger charge is -2.37. The Morgan fingerprint density at radius 3 is 2.58 bits per heavy atom. The zero-order chi connectivity index (χ0) is 18.5. The summed E-state index contributed by atoms with van der Waals surface area (Å²) in [4.78, 5) is 38.5. The molecule has 2 fully saturated rings. The van der Waals surface area contributed by atoms with Gasteiger partial charge in [-0.15, -0.1) is 0 Å². The standard InChI is InChI=1S/C19H24N2O5/c1-2-25-18(23)16-11-9-14-8-10-15(17(22)21(14)16)20-19(24)26-12-13-6-4-3-5-7-13/h3-7,14-16H,2,8-12H2,1H3,(H,20,24)/t14-,15+,16-/m0/s1. The minimum atomic E-state index is -0.662. The fraction of sp³-hybridized carbons (Fsp3) is 0.526. The van der Waals surface area contributed by atoms with Gasteiger partial charge in [0.1, 0.15) is 18.7 Å². The average molecular weight is 360 g/mol. The summed E-state index contributed by atoms with van der Waals surface area (Å²) >= 11 is 0. The van der Waals surface area contributed by atoms with Gasteiger partial charge in [-0.05, 0) is 38.2 Å². The number of hydrogen-bond donors (Lipinski definition) is 1. The van der Waals surface area contributed by atoms with Gasteiger partial charge < -0.3 is 19.7 Å². The molecule has 2 heterocycles. The van der Waals surface area contributed by atoms with Crippen LogP contribution in [0.15, 0.2) is 30.3 Å². The molecule has 0 aromatic heterocycles. The summed E-state index contributed by atoms with van der Waals surface area (Å²) in [7, 11) is 0. The summed E-state index contributed by atoms with van der Waals surface area (Å²) < 4.78 is 10.3. The summed E-state index contributed by atoms with van der Waals surface area (Å²) in [5.74, 6) is -0.593. The van der Waals surface area contributed by atoms with E-state index in [-0.39, 0.29) is 31.1 Å². The number of nitrogens with zero attached hydrogens (tertiary/aromatic N) is 1. The van der Waals surface area contributed by atoms with Gasteiger partial charge >= 0.3 is 12.1 Å². The molecule has 0 unspecified atom stereocenters. The average Bonchev–Trinajstić information content (AvgIpc) is 3.08. The number of amides is 2. The largest absolute Gasteiger partial charge is 0.464 e. The van der Waals surface area contributed by atoms with Gasteiger partial charge in [0.15, 0.2) is 0 Å². The molecule has 0 saturated carbocycles. The van der Waals surface area contributed by atoms with Crippen LogP contribution in [-0.4, -0.2) is 47.6 Å². The molecule has 0 radical (unpaired) electrons. The minimum absolute atomic E-state index is 0.0512. The highest BCUT2D eigenvalue weighted by Gasteiger charge is 2.47. The first kappa shape index (κ1) is 18.2. The highest BCUT2D eigenvalue weighted by atomic mass is 16.5. The first-order valence-electron chi connectivity index (χ1n) is 9.06. The molecule has 0 bridgehead atoms. The van der Waals surface area contributed by atoms with Crippen LogP contribution in [-0.2, 0) is 25.7 Å². The van der Waals surface area contributed by atoms with Crippen molar-refractivity contribution in [3.05, 3.63) is 35.9 Å². The zero-order valence-corrected chi connectivity index (χ0v) is 14.8. The number of benzene rings is 1. The topological polar surface area (TPSA) is 84.9 Å². The fourth-order valence-corrected chi connectivity index (χ4v) is 3.67. The van der Waals surface area contributed by atoms with Crippen molar-refractivity contribution in [3.63, 3.8) is 0 Å². The Labute approximate surface area is 152 Å². The monoisotopic (exact) mass is 360 g/mol. The number of carbonyl (C=O) groups excluding carboxylic acids is 3. The highest BCUT2D eigenvalue weighted by molar-refractivity contribution is 5.91. The third kappa shape index (κ3) is 3.98. The quantitative estimate of drug-likeness (QED) is 0.812. The molecular formula is C19H24N2O5. The second kappa shape index (κ2) is 8.21. The summed E-state index contributed by atoms with van der Waals surface area (Å²) in [6, 6.07) is 8.18.